The number of aryl methyl sites for hydroxylation is 1. The summed E-state index contributed by atoms with van der Waals surface area (Å²) in [4.78, 5) is 8.58. The van der Waals surface area contributed by atoms with Gasteiger partial charge in [0.15, 0.2) is 0 Å². The van der Waals surface area contributed by atoms with Gasteiger partial charge in [-0.05, 0) is 6.07 Å². The lowest BCUT2D eigenvalue weighted by molar-refractivity contribution is 0.938. The minimum atomic E-state index is 0.434. The number of benzene rings is 1. The SMILES string of the molecule is Cn1c2ccccc2c2ncnc(CN)c21. The zero-order chi connectivity index (χ0) is 11.1. The molecule has 80 valence electrons. The molecule has 0 aliphatic carbocycles. The van der Waals surface area contributed by atoms with Gasteiger partial charge in [0.2, 0.25) is 0 Å². The molecule has 0 aliphatic heterocycles. The van der Waals surface area contributed by atoms with Crippen molar-refractivity contribution in [3.8, 4) is 0 Å². The zero-order valence-corrected chi connectivity index (χ0v) is 9.01. The number of hydrogen-bond donors (Lipinski definition) is 1. The van der Waals surface area contributed by atoms with Gasteiger partial charge in [0, 0.05) is 19.0 Å². The lowest BCUT2D eigenvalue weighted by Gasteiger charge is -2.01. The number of fused-ring (bicyclic) bond motifs is 3. The van der Waals surface area contributed by atoms with Gasteiger partial charge in [0.1, 0.15) is 6.33 Å². The molecule has 0 amide bonds. The number of hydrogen-bond acceptors (Lipinski definition) is 3. The van der Waals surface area contributed by atoms with Gasteiger partial charge in [0.25, 0.3) is 0 Å². The Morgan fingerprint density at radius 3 is 2.88 bits per heavy atom. The molecule has 1 aromatic carbocycles. The average molecular weight is 212 g/mol. The van der Waals surface area contributed by atoms with Gasteiger partial charge in [-0.2, -0.15) is 0 Å². The molecule has 4 heteroatoms. The zero-order valence-electron chi connectivity index (χ0n) is 9.01. The molecule has 0 unspecified atom stereocenters. The fraction of sp³-hybridized carbons (Fsp3) is 0.167. The van der Waals surface area contributed by atoms with E-state index in [2.05, 4.69) is 26.7 Å². The second-order valence-corrected chi connectivity index (χ2v) is 3.80. The summed E-state index contributed by atoms with van der Waals surface area (Å²) in [6.45, 7) is 0.434. The van der Waals surface area contributed by atoms with Crippen LogP contribution in [0.15, 0.2) is 30.6 Å². The van der Waals surface area contributed by atoms with E-state index in [1.807, 2.05) is 19.2 Å². The summed E-state index contributed by atoms with van der Waals surface area (Å²) in [5, 5.41) is 1.15. The van der Waals surface area contributed by atoms with Gasteiger partial charge in [0.05, 0.1) is 22.2 Å². The largest absolute Gasteiger partial charge is 0.341 e. The monoisotopic (exact) mass is 212 g/mol. The van der Waals surface area contributed by atoms with E-state index in [1.54, 1.807) is 6.33 Å². The Bertz CT molecular complexity index is 669. The second-order valence-electron chi connectivity index (χ2n) is 3.80. The molecular formula is C12H12N4. The fourth-order valence-electron chi connectivity index (χ4n) is 2.20. The molecule has 0 aliphatic rings. The summed E-state index contributed by atoms with van der Waals surface area (Å²) in [6.07, 6.45) is 1.58. The van der Waals surface area contributed by atoms with E-state index in [0.717, 1.165) is 27.6 Å². The van der Waals surface area contributed by atoms with Gasteiger partial charge in [-0.15, -0.1) is 0 Å². The number of nitrogens with zero attached hydrogens (tertiary/aromatic N) is 3. The highest BCUT2D eigenvalue weighted by Crippen LogP contribution is 2.27. The maximum Gasteiger partial charge on any atom is 0.116 e. The molecule has 2 N–H and O–H groups in total. The van der Waals surface area contributed by atoms with Gasteiger partial charge < -0.3 is 10.3 Å². The van der Waals surface area contributed by atoms with Crippen molar-refractivity contribution in [2.45, 2.75) is 6.54 Å². The van der Waals surface area contributed by atoms with Crippen LogP contribution in [0.2, 0.25) is 0 Å². The highest BCUT2D eigenvalue weighted by Gasteiger charge is 2.11. The van der Waals surface area contributed by atoms with Crippen molar-refractivity contribution < 1.29 is 0 Å². The lowest BCUT2D eigenvalue weighted by Crippen LogP contribution is -2.03. The highest BCUT2D eigenvalue weighted by molar-refractivity contribution is 6.06. The molecule has 0 saturated heterocycles. The van der Waals surface area contributed by atoms with Gasteiger partial charge in [-0.25, -0.2) is 9.97 Å². The van der Waals surface area contributed by atoms with Crippen molar-refractivity contribution in [2.24, 2.45) is 12.8 Å². The van der Waals surface area contributed by atoms with Gasteiger partial charge in [-0.3, -0.25) is 0 Å². The topological polar surface area (TPSA) is 56.7 Å². The van der Waals surface area contributed by atoms with Crippen molar-refractivity contribution in [1.82, 2.24) is 14.5 Å². The van der Waals surface area contributed by atoms with Crippen molar-refractivity contribution in [3.63, 3.8) is 0 Å². The molecule has 3 rings (SSSR count). The number of para-hydroxylation sites is 1. The number of rotatable bonds is 1. The number of aromatic nitrogens is 3. The Kier molecular flexibility index (Phi) is 1.91. The minimum absolute atomic E-state index is 0.434. The molecule has 0 saturated carbocycles. The normalized spacial score (nSPS) is 11.4. The van der Waals surface area contributed by atoms with Crippen LogP contribution in [0, 0.1) is 0 Å². The summed E-state index contributed by atoms with van der Waals surface area (Å²) in [7, 11) is 2.02. The van der Waals surface area contributed by atoms with Crippen LogP contribution in [-0.4, -0.2) is 14.5 Å². The van der Waals surface area contributed by atoms with E-state index in [-0.39, 0.29) is 0 Å². The minimum Gasteiger partial charge on any atom is -0.341 e. The molecule has 2 heterocycles. The van der Waals surface area contributed by atoms with E-state index in [9.17, 15) is 0 Å². The fourth-order valence-corrected chi connectivity index (χ4v) is 2.20. The van der Waals surface area contributed by atoms with Crippen LogP contribution in [0.5, 0.6) is 0 Å². The second kappa shape index (κ2) is 3.28. The van der Waals surface area contributed by atoms with E-state index in [1.165, 1.54) is 0 Å². The Morgan fingerprint density at radius 1 is 1.25 bits per heavy atom. The molecule has 0 radical (unpaired) electrons. The van der Waals surface area contributed by atoms with E-state index < -0.39 is 0 Å². The molecule has 3 aromatic rings. The first-order valence-corrected chi connectivity index (χ1v) is 5.20. The van der Waals surface area contributed by atoms with E-state index in [4.69, 9.17) is 5.73 Å². The summed E-state index contributed by atoms with van der Waals surface area (Å²) in [5.74, 6) is 0. The maximum atomic E-state index is 5.70. The summed E-state index contributed by atoms with van der Waals surface area (Å²) < 4.78 is 2.10. The van der Waals surface area contributed by atoms with Gasteiger partial charge >= 0.3 is 0 Å². The predicted octanol–water partition coefficient (Wildman–Crippen LogP) is 1.58. The molecule has 0 spiro atoms. The smallest absolute Gasteiger partial charge is 0.116 e. The van der Waals surface area contributed by atoms with E-state index >= 15 is 0 Å². The van der Waals surface area contributed by atoms with Crippen molar-refractivity contribution in [2.75, 3.05) is 0 Å². The van der Waals surface area contributed by atoms with E-state index in [0.29, 0.717) is 6.54 Å². The first-order chi connectivity index (χ1) is 7.83. The molecular weight excluding hydrogens is 200 g/mol. The van der Waals surface area contributed by atoms with Crippen LogP contribution in [0.25, 0.3) is 21.9 Å². The van der Waals surface area contributed by atoms with Crippen LogP contribution in [-0.2, 0) is 13.6 Å². The molecule has 0 bridgehead atoms. The van der Waals surface area contributed by atoms with Crippen molar-refractivity contribution in [1.29, 1.82) is 0 Å². The quantitative estimate of drug-likeness (QED) is 0.666. The Hall–Kier alpha value is -1.94. The first-order valence-electron chi connectivity index (χ1n) is 5.20. The van der Waals surface area contributed by atoms with Crippen molar-refractivity contribution >= 4 is 21.9 Å². The first kappa shape index (κ1) is 9.30. The third kappa shape index (κ3) is 1.07. The molecule has 4 nitrogen and oxygen atoms in total. The highest BCUT2D eigenvalue weighted by atomic mass is 15.0. The van der Waals surface area contributed by atoms with Crippen LogP contribution in [0.4, 0.5) is 0 Å². The Balaban J connectivity index is 2.61. The third-order valence-electron chi connectivity index (χ3n) is 2.95. The standard InChI is InChI=1S/C12H12N4/c1-16-10-5-3-2-4-8(10)11-12(16)9(6-13)14-7-15-11/h2-5,7H,6,13H2,1H3. The molecule has 2 aromatic heterocycles. The Labute approximate surface area is 92.7 Å². The third-order valence-corrected chi connectivity index (χ3v) is 2.95. The van der Waals surface area contributed by atoms with Crippen molar-refractivity contribution in [3.05, 3.63) is 36.3 Å². The molecule has 16 heavy (non-hydrogen) atoms. The van der Waals surface area contributed by atoms with Gasteiger partial charge in [-0.1, -0.05) is 18.2 Å². The van der Waals surface area contributed by atoms with Crippen LogP contribution < -0.4 is 5.73 Å². The molecule has 0 fully saturated rings. The number of nitrogens with two attached hydrogens (primary N) is 1. The summed E-state index contributed by atoms with van der Waals surface area (Å²) >= 11 is 0. The molecule has 0 atom stereocenters. The predicted molar refractivity (Wildman–Crippen MR) is 63.9 cm³/mol. The summed E-state index contributed by atoms with van der Waals surface area (Å²) in [5.41, 5.74) is 9.77. The van der Waals surface area contributed by atoms with Crippen LogP contribution in [0.3, 0.4) is 0 Å². The average Bonchev–Trinajstić information content (AvgIpc) is 2.64. The van der Waals surface area contributed by atoms with Crippen LogP contribution >= 0.6 is 0 Å². The Morgan fingerprint density at radius 2 is 2.06 bits per heavy atom. The lowest BCUT2D eigenvalue weighted by atomic mass is 10.2. The maximum absolute atomic E-state index is 5.70. The van der Waals surface area contributed by atoms with Crippen LogP contribution in [0.1, 0.15) is 5.69 Å². The summed E-state index contributed by atoms with van der Waals surface area (Å²) in [6, 6.07) is 8.20.